The van der Waals surface area contributed by atoms with Crippen LogP contribution in [0, 0.1) is 0 Å². The molecule has 1 heterocycles. The number of methoxy groups -OCH3 is 1. The zero-order chi connectivity index (χ0) is 13.8. The number of fused-ring (bicyclic) bond motifs is 1. The molecule has 0 radical (unpaired) electrons. The maximum Gasteiger partial charge on any atom is 0.218 e. The molecule has 2 rings (SSSR count). The van der Waals surface area contributed by atoms with Crippen molar-refractivity contribution >= 4 is 5.91 Å². The monoisotopic (exact) mass is 264 g/mol. The van der Waals surface area contributed by atoms with E-state index in [9.17, 15) is 4.79 Å². The first-order chi connectivity index (χ1) is 9.10. The Morgan fingerprint density at radius 1 is 1.58 bits per heavy atom. The van der Waals surface area contributed by atoms with Gasteiger partial charge >= 0.3 is 0 Å². The van der Waals surface area contributed by atoms with E-state index in [1.54, 1.807) is 7.11 Å². The van der Waals surface area contributed by atoms with Gasteiger partial charge in [-0.25, -0.2) is 0 Å². The Morgan fingerprint density at radius 3 is 3.05 bits per heavy atom. The van der Waals surface area contributed by atoms with Crippen LogP contribution in [0.15, 0.2) is 12.1 Å². The van der Waals surface area contributed by atoms with Crippen LogP contribution in [0.3, 0.4) is 0 Å². The van der Waals surface area contributed by atoms with E-state index >= 15 is 0 Å². The maximum absolute atomic E-state index is 10.7. The molecule has 0 bridgehead atoms. The fraction of sp³-hybridized carbons (Fsp3) is 0.500. The van der Waals surface area contributed by atoms with Crippen LogP contribution < -0.4 is 20.5 Å². The van der Waals surface area contributed by atoms with Gasteiger partial charge in [-0.3, -0.25) is 4.79 Å². The molecule has 104 valence electrons. The second-order valence-corrected chi connectivity index (χ2v) is 4.80. The molecule has 5 heteroatoms. The van der Waals surface area contributed by atoms with Crippen molar-refractivity contribution in [1.82, 2.24) is 5.32 Å². The fourth-order valence-corrected chi connectivity index (χ4v) is 2.24. The summed E-state index contributed by atoms with van der Waals surface area (Å²) in [5, 5.41) is 3.17. The molecule has 1 amide bonds. The molecule has 5 nitrogen and oxygen atoms in total. The summed E-state index contributed by atoms with van der Waals surface area (Å²) in [6.45, 7) is 3.24. The van der Waals surface area contributed by atoms with Gasteiger partial charge in [0.15, 0.2) is 0 Å². The van der Waals surface area contributed by atoms with Crippen molar-refractivity contribution in [1.29, 1.82) is 0 Å². The molecule has 1 aliphatic rings. The molecule has 19 heavy (non-hydrogen) atoms. The summed E-state index contributed by atoms with van der Waals surface area (Å²) in [4.78, 5) is 10.7. The highest BCUT2D eigenvalue weighted by Crippen LogP contribution is 2.34. The SMILES string of the molecule is COc1cc2c(cc1CNCCC(N)=O)OC(C)C2. The van der Waals surface area contributed by atoms with Gasteiger partial charge in [-0.15, -0.1) is 0 Å². The minimum atomic E-state index is -0.300. The average molecular weight is 264 g/mol. The quantitative estimate of drug-likeness (QED) is 0.751. The predicted octanol–water partition coefficient (Wildman–Crippen LogP) is 0.984. The zero-order valence-corrected chi connectivity index (χ0v) is 11.4. The predicted molar refractivity (Wildman–Crippen MR) is 72.3 cm³/mol. The van der Waals surface area contributed by atoms with Crippen LogP contribution in [0.1, 0.15) is 24.5 Å². The Hall–Kier alpha value is -1.75. The van der Waals surface area contributed by atoms with Crippen LogP contribution in [-0.4, -0.2) is 25.7 Å². The smallest absolute Gasteiger partial charge is 0.218 e. The number of carbonyl (C=O) groups is 1. The van der Waals surface area contributed by atoms with Gasteiger partial charge in [-0.1, -0.05) is 0 Å². The third-order valence-electron chi connectivity index (χ3n) is 3.16. The third-order valence-corrected chi connectivity index (χ3v) is 3.16. The maximum atomic E-state index is 10.7. The summed E-state index contributed by atoms with van der Waals surface area (Å²) in [7, 11) is 1.66. The van der Waals surface area contributed by atoms with Gasteiger partial charge in [-0.2, -0.15) is 0 Å². The van der Waals surface area contributed by atoms with Crippen LogP contribution in [0.2, 0.25) is 0 Å². The van der Waals surface area contributed by atoms with E-state index in [2.05, 4.69) is 12.2 Å². The number of hydrogen-bond acceptors (Lipinski definition) is 4. The molecular formula is C14H20N2O3. The second kappa shape index (κ2) is 5.93. The number of nitrogens with one attached hydrogen (secondary N) is 1. The minimum Gasteiger partial charge on any atom is -0.496 e. The summed E-state index contributed by atoms with van der Waals surface area (Å²) in [6, 6.07) is 4.04. The highest BCUT2D eigenvalue weighted by Gasteiger charge is 2.21. The first kappa shape index (κ1) is 13.7. The number of ether oxygens (including phenoxy) is 2. The summed E-state index contributed by atoms with van der Waals surface area (Å²) in [5.74, 6) is 1.48. The molecule has 0 spiro atoms. The van der Waals surface area contributed by atoms with E-state index in [1.807, 2.05) is 12.1 Å². The van der Waals surface area contributed by atoms with Crippen molar-refractivity contribution in [3.05, 3.63) is 23.3 Å². The highest BCUT2D eigenvalue weighted by molar-refractivity contribution is 5.73. The van der Waals surface area contributed by atoms with Crippen molar-refractivity contribution in [2.45, 2.75) is 32.4 Å². The first-order valence-corrected chi connectivity index (χ1v) is 6.45. The molecular weight excluding hydrogens is 244 g/mol. The average Bonchev–Trinajstić information content (AvgIpc) is 2.72. The Balaban J connectivity index is 2.03. The highest BCUT2D eigenvalue weighted by atomic mass is 16.5. The lowest BCUT2D eigenvalue weighted by Crippen LogP contribution is -2.21. The lowest BCUT2D eigenvalue weighted by molar-refractivity contribution is -0.117. The number of amides is 1. The van der Waals surface area contributed by atoms with Gasteiger partial charge in [0.05, 0.1) is 7.11 Å². The second-order valence-electron chi connectivity index (χ2n) is 4.80. The van der Waals surface area contributed by atoms with E-state index in [0.717, 1.165) is 23.5 Å². The summed E-state index contributed by atoms with van der Waals surface area (Å²) in [6.07, 6.45) is 1.47. The zero-order valence-electron chi connectivity index (χ0n) is 11.4. The topological polar surface area (TPSA) is 73.6 Å². The number of nitrogens with two attached hydrogens (primary N) is 1. The van der Waals surface area contributed by atoms with E-state index < -0.39 is 0 Å². The number of carbonyl (C=O) groups excluding carboxylic acids is 1. The first-order valence-electron chi connectivity index (χ1n) is 6.45. The molecule has 1 aliphatic heterocycles. The lowest BCUT2D eigenvalue weighted by atomic mass is 10.1. The van der Waals surface area contributed by atoms with Gasteiger partial charge < -0.3 is 20.5 Å². The molecule has 0 fully saturated rings. The van der Waals surface area contributed by atoms with E-state index in [4.69, 9.17) is 15.2 Å². The molecule has 1 aromatic carbocycles. The largest absolute Gasteiger partial charge is 0.496 e. The Morgan fingerprint density at radius 2 is 2.37 bits per heavy atom. The molecule has 1 aromatic rings. The molecule has 3 N–H and O–H groups in total. The van der Waals surface area contributed by atoms with Crippen LogP contribution >= 0.6 is 0 Å². The summed E-state index contributed by atoms with van der Waals surface area (Å²) >= 11 is 0. The number of benzene rings is 1. The van der Waals surface area contributed by atoms with Gasteiger partial charge in [-0.05, 0) is 19.1 Å². The van der Waals surface area contributed by atoms with Gasteiger partial charge in [0.2, 0.25) is 5.91 Å². The Bertz CT molecular complexity index is 474. The van der Waals surface area contributed by atoms with Gasteiger partial charge in [0.1, 0.15) is 17.6 Å². The lowest BCUT2D eigenvalue weighted by Gasteiger charge is -2.11. The Labute approximate surface area is 113 Å². The van der Waals surface area contributed by atoms with Gasteiger partial charge in [0, 0.05) is 37.1 Å². The molecule has 0 saturated heterocycles. The van der Waals surface area contributed by atoms with Crippen molar-refractivity contribution in [3.8, 4) is 11.5 Å². The Kier molecular flexibility index (Phi) is 4.27. The fourth-order valence-electron chi connectivity index (χ4n) is 2.24. The van der Waals surface area contributed by atoms with Crippen molar-refractivity contribution in [3.63, 3.8) is 0 Å². The summed E-state index contributed by atoms with van der Waals surface area (Å²) < 4.78 is 11.1. The molecule has 0 saturated carbocycles. The third kappa shape index (κ3) is 3.38. The van der Waals surface area contributed by atoms with Crippen LogP contribution in [0.5, 0.6) is 11.5 Å². The van der Waals surface area contributed by atoms with E-state index in [0.29, 0.717) is 19.5 Å². The van der Waals surface area contributed by atoms with E-state index in [1.165, 1.54) is 5.56 Å². The number of primary amides is 1. The van der Waals surface area contributed by atoms with Crippen LogP contribution in [0.4, 0.5) is 0 Å². The van der Waals surface area contributed by atoms with E-state index in [-0.39, 0.29) is 12.0 Å². The summed E-state index contributed by atoms with van der Waals surface area (Å²) in [5.41, 5.74) is 7.31. The van der Waals surface area contributed by atoms with Crippen molar-refractivity contribution in [2.24, 2.45) is 5.73 Å². The number of hydrogen-bond donors (Lipinski definition) is 2. The molecule has 0 aromatic heterocycles. The normalized spacial score (nSPS) is 16.8. The van der Waals surface area contributed by atoms with Crippen LogP contribution in [0.25, 0.3) is 0 Å². The minimum absolute atomic E-state index is 0.220. The standard InChI is InChI=1S/C14H20N2O3/c1-9-5-10-6-12(18-2)11(7-13(10)19-9)8-16-4-3-14(15)17/h6-7,9,16H,3-5,8H2,1-2H3,(H2,15,17). The van der Waals surface area contributed by atoms with Crippen molar-refractivity contribution < 1.29 is 14.3 Å². The van der Waals surface area contributed by atoms with Crippen molar-refractivity contribution in [2.75, 3.05) is 13.7 Å². The molecule has 1 unspecified atom stereocenters. The molecule has 0 aliphatic carbocycles. The van der Waals surface area contributed by atoms with Crippen LogP contribution in [-0.2, 0) is 17.8 Å². The van der Waals surface area contributed by atoms with Gasteiger partial charge in [0.25, 0.3) is 0 Å². The number of rotatable bonds is 6. The molecule has 1 atom stereocenters.